The van der Waals surface area contributed by atoms with E-state index in [9.17, 15) is 13.4 Å². The molecule has 0 saturated heterocycles. The summed E-state index contributed by atoms with van der Waals surface area (Å²) in [4.78, 5) is 21.4. The average molecular weight is 497 g/mol. The fraction of sp³-hybridized carbons (Fsp3) is 0.125. The number of hydrogen-bond acceptors (Lipinski definition) is 7. The van der Waals surface area contributed by atoms with Gasteiger partial charge in [0.05, 0.1) is 49.0 Å². The molecule has 0 radical (unpaired) electrons. The van der Waals surface area contributed by atoms with Gasteiger partial charge in [-0.15, -0.1) is 0 Å². The topological polar surface area (TPSA) is 110 Å². The van der Waals surface area contributed by atoms with Crippen molar-refractivity contribution in [3.63, 3.8) is 0 Å². The second kappa shape index (κ2) is 9.90. The third kappa shape index (κ3) is 4.97. The number of nitrogens with zero attached hydrogens (tertiary/aromatic N) is 4. The van der Waals surface area contributed by atoms with Gasteiger partial charge in [-0.3, -0.25) is 9.79 Å². The number of anilines is 2. The van der Waals surface area contributed by atoms with Crippen molar-refractivity contribution in [2.45, 2.75) is 18.7 Å². The van der Waals surface area contributed by atoms with Crippen molar-refractivity contribution >= 4 is 44.8 Å². The van der Waals surface area contributed by atoms with Crippen LogP contribution in [0.5, 0.6) is 0 Å². The molecule has 1 atom stereocenters. The fourth-order valence-corrected chi connectivity index (χ4v) is 4.63. The molecule has 0 spiro atoms. The van der Waals surface area contributed by atoms with Gasteiger partial charge in [0.1, 0.15) is 17.7 Å². The van der Waals surface area contributed by atoms with Crippen LogP contribution in [0.1, 0.15) is 25.0 Å². The minimum absolute atomic E-state index is 0.0477. The maximum Gasteiger partial charge on any atom is 0.159 e. The van der Waals surface area contributed by atoms with E-state index in [0.29, 0.717) is 11.3 Å². The number of benzene rings is 1. The molecule has 2 N–H and O–H groups in total. The summed E-state index contributed by atoms with van der Waals surface area (Å²) in [6.45, 7) is 6.67. The summed E-state index contributed by atoms with van der Waals surface area (Å²) in [5.74, 6) is 1.68. The quantitative estimate of drug-likeness (QED) is 0.442. The monoisotopic (exact) mass is 496 g/mol. The van der Waals surface area contributed by atoms with Crippen LogP contribution in [0.15, 0.2) is 64.5 Å². The Morgan fingerprint density at radius 3 is 2.63 bits per heavy atom. The Labute approximate surface area is 202 Å². The summed E-state index contributed by atoms with van der Waals surface area (Å²) >= 11 is 0. The number of carbonyl (C=O) groups excluding carboxylic acids is 1. The number of ketones is 1. The summed E-state index contributed by atoms with van der Waals surface area (Å²) in [6.07, 6.45) is 5.31. The van der Waals surface area contributed by atoms with Gasteiger partial charge in [-0.05, 0) is 37.9 Å². The predicted octanol–water partition coefficient (Wildman–Crippen LogP) is 4.07. The zero-order valence-corrected chi connectivity index (χ0v) is 20.0. The van der Waals surface area contributed by atoms with E-state index in [-0.39, 0.29) is 33.4 Å². The van der Waals surface area contributed by atoms with Gasteiger partial charge in [0, 0.05) is 31.2 Å². The SMILES string of the molecule is C=CN1C=C(c2c(F)ccc(NS(=C)(=O)c3cc(C#N)cnc3NC)c2F)N=C/C1=C(/C)C(C)=O. The first-order valence-corrected chi connectivity index (χ1v) is 11.9. The molecule has 8 nitrogen and oxygen atoms in total. The Bertz CT molecular complexity index is 1470. The van der Waals surface area contributed by atoms with E-state index in [1.54, 1.807) is 14.0 Å². The van der Waals surface area contributed by atoms with Crippen LogP contribution in [0, 0.1) is 23.0 Å². The molecule has 0 bridgehead atoms. The molecule has 0 saturated carbocycles. The van der Waals surface area contributed by atoms with Crippen LogP contribution in [0.25, 0.3) is 5.70 Å². The molecule has 1 aliphatic rings. The highest BCUT2D eigenvalue weighted by molar-refractivity contribution is 8.01. The van der Waals surface area contributed by atoms with Gasteiger partial charge in [-0.2, -0.15) is 5.26 Å². The molecule has 3 rings (SSSR count). The minimum Gasteiger partial charge on any atom is -0.372 e. The largest absolute Gasteiger partial charge is 0.372 e. The highest BCUT2D eigenvalue weighted by Gasteiger charge is 2.24. The van der Waals surface area contributed by atoms with Crippen LogP contribution in [0.2, 0.25) is 0 Å². The number of nitrogens with one attached hydrogen (secondary N) is 2. The van der Waals surface area contributed by atoms with Gasteiger partial charge in [0.25, 0.3) is 0 Å². The molecule has 180 valence electrons. The number of nitriles is 1. The Morgan fingerprint density at radius 2 is 2.03 bits per heavy atom. The summed E-state index contributed by atoms with van der Waals surface area (Å²) in [6, 6.07) is 5.31. The van der Waals surface area contributed by atoms with Crippen LogP contribution in [0.3, 0.4) is 0 Å². The highest BCUT2D eigenvalue weighted by Crippen LogP contribution is 2.33. The van der Waals surface area contributed by atoms with Crippen molar-refractivity contribution in [2.75, 3.05) is 17.1 Å². The normalized spacial score (nSPS) is 16.0. The van der Waals surface area contributed by atoms with Crippen LogP contribution in [-0.2, 0) is 14.5 Å². The molecule has 2 heterocycles. The number of halogens is 2. The molecule has 11 heteroatoms. The van der Waals surface area contributed by atoms with Crippen molar-refractivity contribution in [3.05, 3.63) is 77.4 Å². The molecule has 35 heavy (non-hydrogen) atoms. The molecule has 1 aromatic heterocycles. The van der Waals surface area contributed by atoms with E-state index >= 15 is 4.39 Å². The first kappa shape index (κ1) is 25.3. The van der Waals surface area contributed by atoms with Crippen LogP contribution < -0.4 is 10.0 Å². The molecular formula is C24H22F2N6O2S. The van der Waals surface area contributed by atoms with Gasteiger partial charge >= 0.3 is 0 Å². The molecular weight excluding hydrogens is 474 g/mol. The third-order valence-electron chi connectivity index (χ3n) is 5.17. The number of carbonyl (C=O) groups is 1. The van der Waals surface area contributed by atoms with Crippen molar-refractivity contribution in [1.82, 2.24) is 9.88 Å². The number of hydrogen-bond donors (Lipinski definition) is 2. The van der Waals surface area contributed by atoms with E-state index in [4.69, 9.17) is 5.26 Å². The second-order valence-corrected chi connectivity index (χ2v) is 9.42. The average Bonchev–Trinajstić information content (AvgIpc) is 2.84. The number of aliphatic imine (C=N–C) groups is 1. The van der Waals surface area contributed by atoms with Crippen molar-refractivity contribution in [1.29, 1.82) is 5.26 Å². The Hall–Kier alpha value is -4.30. The number of Topliss-reactive ketones (excluding diaryl/α,β-unsaturated/α-hetero) is 1. The lowest BCUT2D eigenvalue weighted by atomic mass is 10.1. The molecule has 1 aromatic carbocycles. The van der Waals surface area contributed by atoms with E-state index < -0.39 is 26.9 Å². The maximum atomic E-state index is 15.5. The van der Waals surface area contributed by atoms with Crippen molar-refractivity contribution < 1.29 is 17.8 Å². The summed E-state index contributed by atoms with van der Waals surface area (Å²) < 4.78 is 46.3. The molecule has 0 amide bonds. The molecule has 1 unspecified atom stereocenters. The van der Waals surface area contributed by atoms with Gasteiger partial charge in [-0.1, -0.05) is 6.58 Å². The van der Waals surface area contributed by atoms with E-state index in [2.05, 4.69) is 32.5 Å². The smallest absolute Gasteiger partial charge is 0.159 e. The first-order chi connectivity index (χ1) is 16.5. The lowest BCUT2D eigenvalue weighted by Crippen LogP contribution is -2.19. The number of allylic oxidation sites excluding steroid dienone is 2. The molecule has 0 fully saturated rings. The van der Waals surface area contributed by atoms with E-state index in [0.717, 1.165) is 12.1 Å². The zero-order valence-electron chi connectivity index (χ0n) is 19.2. The minimum atomic E-state index is -3.43. The van der Waals surface area contributed by atoms with E-state index in [1.807, 2.05) is 6.07 Å². The van der Waals surface area contributed by atoms with Crippen LogP contribution in [0.4, 0.5) is 20.3 Å². The molecule has 1 aliphatic heterocycles. The molecule has 0 aliphatic carbocycles. The third-order valence-corrected chi connectivity index (χ3v) is 6.74. The Morgan fingerprint density at radius 1 is 1.31 bits per heavy atom. The number of pyridine rings is 1. The Kier molecular flexibility index (Phi) is 7.17. The number of rotatable bonds is 7. The van der Waals surface area contributed by atoms with Crippen LogP contribution >= 0.6 is 0 Å². The predicted molar refractivity (Wildman–Crippen MR) is 134 cm³/mol. The van der Waals surface area contributed by atoms with Crippen LogP contribution in [-0.4, -0.2) is 39.0 Å². The van der Waals surface area contributed by atoms with Gasteiger partial charge in [-0.25, -0.2) is 18.0 Å². The van der Waals surface area contributed by atoms with Crippen molar-refractivity contribution in [3.8, 4) is 6.07 Å². The maximum absolute atomic E-state index is 15.5. The summed E-state index contributed by atoms with van der Waals surface area (Å²) in [5, 5.41) is 11.9. The summed E-state index contributed by atoms with van der Waals surface area (Å²) in [5.41, 5.74) is 0.0813. The first-order valence-electron chi connectivity index (χ1n) is 10.1. The fourth-order valence-electron chi connectivity index (χ4n) is 3.23. The lowest BCUT2D eigenvalue weighted by Gasteiger charge is -2.24. The van der Waals surface area contributed by atoms with Gasteiger partial charge in [0.2, 0.25) is 0 Å². The van der Waals surface area contributed by atoms with E-state index in [1.165, 1.54) is 42.7 Å². The Balaban J connectivity index is 2.08. The summed E-state index contributed by atoms with van der Waals surface area (Å²) in [7, 11) is -1.89. The number of aromatic nitrogens is 1. The van der Waals surface area contributed by atoms with Gasteiger partial charge in [0.15, 0.2) is 11.6 Å². The van der Waals surface area contributed by atoms with Crippen molar-refractivity contribution in [2.24, 2.45) is 4.99 Å². The lowest BCUT2D eigenvalue weighted by molar-refractivity contribution is -0.113. The molecule has 2 aromatic rings. The zero-order chi connectivity index (χ0) is 25.9. The van der Waals surface area contributed by atoms with Gasteiger partial charge < -0.3 is 14.9 Å². The highest BCUT2D eigenvalue weighted by atomic mass is 32.2. The standard InChI is InChI=1S/C24H22F2N6O2S/c1-6-32-13-19(29-12-20(32)14(2)15(3)33)22-17(25)7-8-18(23(22)26)31-35(5,34)21-9-16(10-27)11-30-24(21)28-4/h6-9,11-13H,1,5H2,2-4H3,(H,28,30)(H,31,34)/b20-14+. The second-order valence-electron chi connectivity index (χ2n) is 7.42.